The molecule has 0 spiro atoms. The van der Waals surface area contributed by atoms with Crippen LogP contribution in [0.2, 0.25) is 0 Å². The van der Waals surface area contributed by atoms with E-state index in [1.165, 1.54) is 0 Å². The summed E-state index contributed by atoms with van der Waals surface area (Å²) in [6.07, 6.45) is 0.514. The minimum absolute atomic E-state index is 0.175. The number of nitrogens with one attached hydrogen (secondary N) is 1. The molecule has 0 atom stereocenters. The Kier molecular flexibility index (Phi) is 4.80. The summed E-state index contributed by atoms with van der Waals surface area (Å²) in [6.45, 7) is 6.45. The smallest absolute Gasteiger partial charge is 0.255 e. The highest BCUT2D eigenvalue weighted by molar-refractivity contribution is 5.96. The van der Waals surface area contributed by atoms with Gasteiger partial charge in [0.05, 0.1) is 12.7 Å². The standard InChI is InChI=1S/C16H21N3O3/c1-16(2,3)15-18-13(19-22-15)9-10-17-14(20)11-7-5-6-8-12(11)21-4/h5-8H,9-10H2,1-4H3,(H,17,20). The summed E-state index contributed by atoms with van der Waals surface area (Å²) in [5, 5.41) is 6.75. The van der Waals surface area contributed by atoms with Gasteiger partial charge >= 0.3 is 0 Å². The SMILES string of the molecule is COc1ccccc1C(=O)NCCc1noc(C(C)(C)C)n1. The van der Waals surface area contributed by atoms with E-state index in [1.807, 2.05) is 26.8 Å². The van der Waals surface area contributed by atoms with Gasteiger partial charge in [0.1, 0.15) is 5.75 Å². The van der Waals surface area contributed by atoms with E-state index in [1.54, 1.807) is 25.3 Å². The maximum atomic E-state index is 12.1. The maximum Gasteiger partial charge on any atom is 0.255 e. The first-order chi connectivity index (χ1) is 10.4. The summed E-state index contributed by atoms with van der Waals surface area (Å²) < 4.78 is 10.4. The van der Waals surface area contributed by atoms with Gasteiger partial charge in [-0.3, -0.25) is 4.79 Å². The number of methoxy groups -OCH3 is 1. The molecule has 0 saturated heterocycles. The number of carbonyl (C=O) groups excluding carboxylic acids is 1. The van der Waals surface area contributed by atoms with Gasteiger partial charge in [-0.2, -0.15) is 4.98 Å². The molecule has 0 bridgehead atoms. The van der Waals surface area contributed by atoms with E-state index < -0.39 is 0 Å². The zero-order chi connectivity index (χ0) is 16.2. The van der Waals surface area contributed by atoms with Crippen LogP contribution in [0.15, 0.2) is 28.8 Å². The molecule has 0 unspecified atom stereocenters. The van der Waals surface area contributed by atoms with Crippen LogP contribution in [0.5, 0.6) is 5.75 Å². The number of hydrogen-bond donors (Lipinski definition) is 1. The van der Waals surface area contributed by atoms with E-state index in [0.717, 1.165) is 0 Å². The Morgan fingerprint density at radius 3 is 2.68 bits per heavy atom. The van der Waals surface area contributed by atoms with Crippen molar-refractivity contribution >= 4 is 5.91 Å². The third kappa shape index (κ3) is 3.84. The molecule has 1 amide bonds. The number of amides is 1. The number of benzene rings is 1. The predicted molar refractivity (Wildman–Crippen MR) is 82.0 cm³/mol. The number of nitrogens with zero attached hydrogens (tertiary/aromatic N) is 2. The predicted octanol–water partition coefficient (Wildman–Crippen LogP) is 2.35. The lowest BCUT2D eigenvalue weighted by atomic mass is 9.97. The molecule has 0 aliphatic heterocycles. The molecule has 6 heteroatoms. The van der Waals surface area contributed by atoms with E-state index in [2.05, 4.69) is 15.5 Å². The van der Waals surface area contributed by atoms with Gasteiger partial charge in [-0.25, -0.2) is 0 Å². The van der Waals surface area contributed by atoms with Crippen LogP contribution >= 0.6 is 0 Å². The third-order valence-electron chi connectivity index (χ3n) is 3.10. The molecule has 6 nitrogen and oxygen atoms in total. The molecule has 0 aliphatic carbocycles. The van der Waals surface area contributed by atoms with Gasteiger partial charge < -0.3 is 14.6 Å². The van der Waals surface area contributed by atoms with Gasteiger partial charge in [0.25, 0.3) is 5.91 Å². The average molecular weight is 303 g/mol. The van der Waals surface area contributed by atoms with Crippen molar-refractivity contribution in [1.82, 2.24) is 15.5 Å². The Morgan fingerprint density at radius 1 is 1.32 bits per heavy atom. The minimum atomic E-state index is -0.183. The fourth-order valence-electron chi connectivity index (χ4n) is 1.88. The molecule has 118 valence electrons. The van der Waals surface area contributed by atoms with Crippen molar-refractivity contribution in [3.8, 4) is 5.75 Å². The molecule has 1 N–H and O–H groups in total. The minimum Gasteiger partial charge on any atom is -0.496 e. The van der Waals surface area contributed by atoms with Gasteiger partial charge in [0.15, 0.2) is 5.82 Å². The second kappa shape index (κ2) is 6.60. The topological polar surface area (TPSA) is 77.2 Å². The van der Waals surface area contributed by atoms with E-state index in [4.69, 9.17) is 9.26 Å². The van der Waals surface area contributed by atoms with Gasteiger partial charge in [0.2, 0.25) is 5.89 Å². The van der Waals surface area contributed by atoms with Crippen LogP contribution in [-0.2, 0) is 11.8 Å². The van der Waals surface area contributed by atoms with Crippen LogP contribution in [0.25, 0.3) is 0 Å². The zero-order valence-electron chi connectivity index (χ0n) is 13.3. The van der Waals surface area contributed by atoms with Crippen LogP contribution in [0.1, 0.15) is 42.8 Å². The lowest BCUT2D eigenvalue weighted by molar-refractivity contribution is 0.0951. The molecule has 1 heterocycles. The van der Waals surface area contributed by atoms with Crippen molar-refractivity contribution in [3.63, 3.8) is 0 Å². The lowest BCUT2D eigenvalue weighted by Crippen LogP contribution is -2.26. The van der Waals surface area contributed by atoms with Gasteiger partial charge in [0, 0.05) is 18.4 Å². The van der Waals surface area contributed by atoms with Crippen molar-refractivity contribution in [2.45, 2.75) is 32.6 Å². The van der Waals surface area contributed by atoms with Crippen LogP contribution in [0, 0.1) is 0 Å². The Balaban J connectivity index is 1.91. The Labute approximate surface area is 129 Å². The molecule has 0 radical (unpaired) electrons. The molecular formula is C16H21N3O3. The van der Waals surface area contributed by atoms with Crippen LogP contribution in [0.4, 0.5) is 0 Å². The normalized spacial score (nSPS) is 11.3. The fourth-order valence-corrected chi connectivity index (χ4v) is 1.88. The maximum absolute atomic E-state index is 12.1. The van der Waals surface area contributed by atoms with E-state index in [-0.39, 0.29) is 11.3 Å². The Morgan fingerprint density at radius 2 is 2.05 bits per heavy atom. The molecule has 0 saturated carbocycles. The first-order valence-electron chi connectivity index (χ1n) is 7.16. The highest BCUT2D eigenvalue weighted by Crippen LogP contribution is 2.19. The van der Waals surface area contributed by atoms with Crippen LogP contribution in [-0.4, -0.2) is 29.7 Å². The number of para-hydroxylation sites is 1. The van der Waals surface area contributed by atoms with Gasteiger partial charge in [-0.1, -0.05) is 38.1 Å². The largest absolute Gasteiger partial charge is 0.496 e. The first-order valence-corrected chi connectivity index (χ1v) is 7.16. The van der Waals surface area contributed by atoms with Crippen molar-refractivity contribution in [3.05, 3.63) is 41.5 Å². The van der Waals surface area contributed by atoms with Crippen LogP contribution < -0.4 is 10.1 Å². The molecule has 22 heavy (non-hydrogen) atoms. The molecule has 0 aliphatic rings. The number of hydrogen-bond acceptors (Lipinski definition) is 5. The third-order valence-corrected chi connectivity index (χ3v) is 3.10. The second-order valence-corrected chi connectivity index (χ2v) is 5.97. The summed E-state index contributed by atoms with van der Waals surface area (Å²) in [6, 6.07) is 7.10. The molecule has 2 aromatic rings. The Bertz CT molecular complexity index is 644. The highest BCUT2D eigenvalue weighted by Gasteiger charge is 2.21. The number of carbonyl (C=O) groups is 1. The van der Waals surface area contributed by atoms with Crippen LogP contribution in [0.3, 0.4) is 0 Å². The van der Waals surface area contributed by atoms with Crippen molar-refractivity contribution in [1.29, 1.82) is 0 Å². The Hall–Kier alpha value is -2.37. The van der Waals surface area contributed by atoms with E-state index in [0.29, 0.717) is 36.0 Å². The second-order valence-electron chi connectivity index (χ2n) is 5.97. The van der Waals surface area contributed by atoms with E-state index >= 15 is 0 Å². The molecular weight excluding hydrogens is 282 g/mol. The number of ether oxygens (including phenoxy) is 1. The first kappa shape index (κ1) is 16.0. The molecule has 2 rings (SSSR count). The van der Waals surface area contributed by atoms with E-state index in [9.17, 15) is 4.79 Å². The molecule has 0 fully saturated rings. The zero-order valence-corrected chi connectivity index (χ0v) is 13.3. The monoisotopic (exact) mass is 303 g/mol. The summed E-state index contributed by atoms with van der Waals surface area (Å²) in [4.78, 5) is 16.5. The molecule has 1 aromatic heterocycles. The summed E-state index contributed by atoms with van der Waals surface area (Å²) >= 11 is 0. The summed E-state index contributed by atoms with van der Waals surface area (Å²) in [7, 11) is 1.54. The summed E-state index contributed by atoms with van der Waals surface area (Å²) in [5.74, 6) is 1.55. The molecule has 1 aromatic carbocycles. The van der Waals surface area contributed by atoms with Crippen molar-refractivity contribution in [2.24, 2.45) is 0 Å². The summed E-state index contributed by atoms with van der Waals surface area (Å²) in [5.41, 5.74) is 0.333. The highest BCUT2D eigenvalue weighted by atomic mass is 16.5. The van der Waals surface area contributed by atoms with Crippen molar-refractivity contribution in [2.75, 3.05) is 13.7 Å². The number of rotatable bonds is 5. The lowest BCUT2D eigenvalue weighted by Gasteiger charge is -2.10. The average Bonchev–Trinajstić information content (AvgIpc) is 2.96. The van der Waals surface area contributed by atoms with Gasteiger partial charge in [-0.05, 0) is 12.1 Å². The fraction of sp³-hybridized carbons (Fsp3) is 0.438. The van der Waals surface area contributed by atoms with Gasteiger partial charge in [-0.15, -0.1) is 0 Å². The van der Waals surface area contributed by atoms with Crippen molar-refractivity contribution < 1.29 is 14.1 Å². The quantitative estimate of drug-likeness (QED) is 0.917. The number of aromatic nitrogens is 2.